The minimum absolute atomic E-state index is 0.422. The second kappa shape index (κ2) is 6.41. The highest BCUT2D eigenvalue weighted by Crippen LogP contribution is 2.15. The summed E-state index contributed by atoms with van der Waals surface area (Å²) < 4.78 is 0. The highest BCUT2D eigenvalue weighted by atomic mass is 15.2. The maximum Gasteiger partial charge on any atom is 0.0206 e. The summed E-state index contributed by atoms with van der Waals surface area (Å²) in [4.78, 5) is 2.53. The number of rotatable bonds is 6. The number of nitrogens with zero attached hydrogens (tertiary/aromatic N) is 1. The van der Waals surface area contributed by atoms with Crippen molar-refractivity contribution >= 4 is 0 Å². The molecule has 0 aromatic rings. The van der Waals surface area contributed by atoms with E-state index in [-0.39, 0.29) is 0 Å². The molecule has 14 heavy (non-hydrogen) atoms. The van der Waals surface area contributed by atoms with E-state index < -0.39 is 0 Å². The second-order valence-electron chi connectivity index (χ2n) is 4.81. The molecule has 2 heteroatoms. The fourth-order valence-corrected chi connectivity index (χ4v) is 2.22. The van der Waals surface area contributed by atoms with E-state index in [1.54, 1.807) is 0 Å². The Morgan fingerprint density at radius 3 is 2.43 bits per heavy atom. The lowest BCUT2D eigenvalue weighted by Crippen LogP contribution is -2.28. The Hall–Kier alpha value is -0.0800. The van der Waals surface area contributed by atoms with Crippen LogP contribution in [0.5, 0.6) is 0 Å². The van der Waals surface area contributed by atoms with Crippen LogP contribution in [0.2, 0.25) is 0 Å². The van der Waals surface area contributed by atoms with E-state index in [1.165, 1.54) is 45.2 Å². The molecule has 2 N–H and O–H groups in total. The number of hydrogen-bond acceptors (Lipinski definition) is 2. The summed E-state index contributed by atoms with van der Waals surface area (Å²) in [6.07, 6.45) is 6.90. The van der Waals surface area contributed by atoms with Crippen LogP contribution in [0.3, 0.4) is 0 Å². The van der Waals surface area contributed by atoms with Crippen molar-refractivity contribution in [3.63, 3.8) is 0 Å². The van der Waals surface area contributed by atoms with E-state index in [2.05, 4.69) is 18.7 Å². The molecule has 0 aliphatic carbocycles. The van der Waals surface area contributed by atoms with Crippen molar-refractivity contribution in [1.82, 2.24) is 4.90 Å². The lowest BCUT2D eigenvalue weighted by Gasteiger charge is -2.14. The van der Waals surface area contributed by atoms with Crippen molar-refractivity contribution < 1.29 is 0 Å². The molecule has 1 aliphatic heterocycles. The molecule has 1 rings (SSSR count). The Bertz CT molecular complexity index is 137. The number of nitrogens with two attached hydrogens (primary N) is 1. The van der Waals surface area contributed by atoms with Crippen molar-refractivity contribution in [1.29, 1.82) is 0 Å². The topological polar surface area (TPSA) is 29.3 Å². The molecule has 1 saturated heterocycles. The van der Waals surface area contributed by atoms with Gasteiger partial charge >= 0.3 is 0 Å². The Kier molecular flexibility index (Phi) is 5.49. The quantitative estimate of drug-likeness (QED) is 0.663. The standard InChI is InChI=1S/C12H26N2/c1-3-4-5-6-7-8-14-9-11(2)12(13)10-14/h11-12H,3-10,13H2,1-2H3. The molecule has 0 radical (unpaired) electrons. The molecule has 0 saturated carbocycles. The number of likely N-dealkylation sites (tertiary alicyclic amines) is 1. The first-order chi connectivity index (χ1) is 6.74. The summed E-state index contributed by atoms with van der Waals surface area (Å²) in [5.41, 5.74) is 5.98. The first-order valence-corrected chi connectivity index (χ1v) is 6.22. The van der Waals surface area contributed by atoms with Gasteiger partial charge in [0.25, 0.3) is 0 Å². The Labute approximate surface area is 88.8 Å². The SMILES string of the molecule is CCCCCCCN1CC(C)C(N)C1. The first kappa shape index (κ1) is 12.0. The molecule has 2 atom stereocenters. The molecule has 0 bridgehead atoms. The van der Waals surface area contributed by atoms with E-state index >= 15 is 0 Å². The van der Waals surface area contributed by atoms with Crippen LogP contribution in [-0.2, 0) is 0 Å². The Morgan fingerprint density at radius 1 is 1.14 bits per heavy atom. The largest absolute Gasteiger partial charge is 0.326 e. The molecule has 2 unspecified atom stereocenters. The molecule has 84 valence electrons. The van der Waals surface area contributed by atoms with E-state index in [9.17, 15) is 0 Å². The fourth-order valence-electron chi connectivity index (χ4n) is 2.22. The van der Waals surface area contributed by atoms with E-state index in [4.69, 9.17) is 5.73 Å². The van der Waals surface area contributed by atoms with Crippen molar-refractivity contribution in [3.8, 4) is 0 Å². The molecule has 1 aliphatic rings. The summed E-state index contributed by atoms with van der Waals surface area (Å²) in [5.74, 6) is 0.700. The zero-order valence-corrected chi connectivity index (χ0v) is 9.84. The Balaban J connectivity index is 1.97. The second-order valence-corrected chi connectivity index (χ2v) is 4.81. The third-order valence-electron chi connectivity index (χ3n) is 3.32. The van der Waals surface area contributed by atoms with Crippen LogP contribution in [0.1, 0.15) is 46.0 Å². The van der Waals surface area contributed by atoms with Crippen LogP contribution in [0.25, 0.3) is 0 Å². The van der Waals surface area contributed by atoms with Crippen LogP contribution in [0.4, 0.5) is 0 Å². The third kappa shape index (κ3) is 3.97. The number of unbranched alkanes of at least 4 members (excludes halogenated alkanes) is 4. The molecule has 1 fully saturated rings. The molecule has 0 spiro atoms. The predicted molar refractivity (Wildman–Crippen MR) is 62.3 cm³/mol. The van der Waals surface area contributed by atoms with Gasteiger partial charge in [-0.2, -0.15) is 0 Å². The van der Waals surface area contributed by atoms with Crippen molar-refractivity contribution in [2.45, 2.75) is 52.0 Å². The summed E-state index contributed by atoms with van der Waals surface area (Å²) in [6.45, 7) is 8.13. The third-order valence-corrected chi connectivity index (χ3v) is 3.32. The van der Waals surface area contributed by atoms with Gasteiger partial charge in [0.15, 0.2) is 0 Å². The molecule has 0 aromatic carbocycles. The number of hydrogen-bond donors (Lipinski definition) is 1. The summed E-state index contributed by atoms with van der Waals surface area (Å²) in [5, 5.41) is 0. The van der Waals surface area contributed by atoms with Gasteiger partial charge in [-0.25, -0.2) is 0 Å². The van der Waals surface area contributed by atoms with E-state index in [1.807, 2.05) is 0 Å². The maximum absolute atomic E-state index is 5.98. The average Bonchev–Trinajstić information content (AvgIpc) is 2.46. The van der Waals surface area contributed by atoms with Crippen molar-refractivity contribution in [3.05, 3.63) is 0 Å². The van der Waals surface area contributed by atoms with Gasteiger partial charge in [-0.15, -0.1) is 0 Å². The first-order valence-electron chi connectivity index (χ1n) is 6.22. The van der Waals surface area contributed by atoms with Gasteiger partial charge in [0, 0.05) is 19.1 Å². The smallest absolute Gasteiger partial charge is 0.0206 e. The lowest BCUT2D eigenvalue weighted by molar-refractivity contribution is 0.316. The molecule has 0 amide bonds. The maximum atomic E-state index is 5.98. The van der Waals surface area contributed by atoms with Crippen molar-refractivity contribution in [2.24, 2.45) is 11.7 Å². The van der Waals surface area contributed by atoms with Gasteiger partial charge in [0.2, 0.25) is 0 Å². The zero-order valence-electron chi connectivity index (χ0n) is 9.84. The van der Waals surface area contributed by atoms with Gasteiger partial charge in [0.05, 0.1) is 0 Å². The minimum atomic E-state index is 0.422. The van der Waals surface area contributed by atoms with Crippen molar-refractivity contribution in [2.75, 3.05) is 19.6 Å². The van der Waals surface area contributed by atoms with Crippen LogP contribution in [0.15, 0.2) is 0 Å². The van der Waals surface area contributed by atoms with Crippen LogP contribution in [0, 0.1) is 5.92 Å². The zero-order chi connectivity index (χ0) is 10.4. The Morgan fingerprint density at radius 2 is 1.86 bits per heavy atom. The predicted octanol–water partition coefficient (Wildman–Crippen LogP) is 2.24. The summed E-state index contributed by atoms with van der Waals surface area (Å²) in [6, 6.07) is 0.422. The monoisotopic (exact) mass is 198 g/mol. The van der Waals surface area contributed by atoms with E-state index in [0.29, 0.717) is 12.0 Å². The van der Waals surface area contributed by atoms with Gasteiger partial charge in [-0.05, 0) is 18.9 Å². The van der Waals surface area contributed by atoms with Crippen LogP contribution in [-0.4, -0.2) is 30.6 Å². The molecular weight excluding hydrogens is 172 g/mol. The normalized spacial score (nSPS) is 28.5. The summed E-state index contributed by atoms with van der Waals surface area (Å²) >= 11 is 0. The van der Waals surface area contributed by atoms with Gasteiger partial charge < -0.3 is 10.6 Å². The van der Waals surface area contributed by atoms with Crippen LogP contribution < -0.4 is 5.73 Å². The highest BCUT2D eigenvalue weighted by molar-refractivity contribution is 4.83. The van der Waals surface area contributed by atoms with Gasteiger partial charge in [0.1, 0.15) is 0 Å². The minimum Gasteiger partial charge on any atom is -0.326 e. The molecule has 2 nitrogen and oxygen atoms in total. The van der Waals surface area contributed by atoms with E-state index in [0.717, 1.165) is 6.54 Å². The molecule has 1 heterocycles. The van der Waals surface area contributed by atoms with Gasteiger partial charge in [-0.3, -0.25) is 0 Å². The molecular formula is C12H26N2. The lowest BCUT2D eigenvalue weighted by atomic mass is 10.1. The molecule has 0 aromatic heterocycles. The fraction of sp³-hybridized carbons (Fsp3) is 1.00. The average molecular weight is 198 g/mol. The van der Waals surface area contributed by atoms with Gasteiger partial charge in [-0.1, -0.05) is 39.5 Å². The highest BCUT2D eigenvalue weighted by Gasteiger charge is 2.25. The summed E-state index contributed by atoms with van der Waals surface area (Å²) in [7, 11) is 0. The van der Waals surface area contributed by atoms with Crippen LogP contribution >= 0.6 is 0 Å².